The largest absolute Gasteiger partial charge is 0.501 e. The summed E-state index contributed by atoms with van der Waals surface area (Å²) in [5.74, 6) is 0.359. The molecule has 160 valence electrons. The second-order valence-electron chi connectivity index (χ2n) is 7.04. The average Bonchev–Trinajstić information content (AvgIpc) is 2.67. The van der Waals surface area contributed by atoms with Crippen LogP contribution in [0.25, 0.3) is 0 Å². The molecule has 1 aromatic carbocycles. The number of pyridine rings is 1. The third-order valence-electron chi connectivity index (χ3n) is 4.83. The molecule has 30 heavy (non-hydrogen) atoms. The topological polar surface area (TPSA) is 79.4 Å². The van der Waals surface area contributed by atoms with Crippen molar-refractivity contribution >= 4 is 27.2 Å². The number of halogens is 3. The molecule has 1 aromatic heterocycles. The molecule has 6 nitrogen and oxygen atoms in total. The first-order valence-corrected chi connectivity index (χ1v) is 10.6. The Kier molecular flexibility index (Phi) is 5.89. The van der Waals surface area contributed by atoms with Crippen LogP contribution in [0, 0.1) is 12.8 Å². The van der Waals surface area contributed by atoms with Crippen LogP contribution in [0.4, 0.5) is 24.7 Å². The van der Waals surface area contributed by atoms with E-state index >= 15 is 0 Å². The maximum absolute atomic E-state index is 12.6. The molecule has 2 aromatic rings. The third-order valence-corrected chi connectivity index (χ3v) is 6.33. The average molecular weight is 439 g/mol. The Morgan fingerprint density at radius 3 is 2.43 bits per heavy atom. The van der Waals surface area contributed by atoms with Gasteiger partial charge >= 0.3 is 5.51 Å². The quantitative estimate of drug-likeness (QED) is 0.786. The summed E-state index contributed by atoms with van der Waals surface area (Å²) in [5.41, 5.74) is -3.60. The van der Waals surface area contributed by atoms with E-state index in [1.807, 2.05) is 26.0 Å². The first kappa shape index (κ1) is 21.8. The number of nitrogens with zero attached hydrogens (tertiary/aromatic N) is 2. The monoisotopic (exact) mass is 439 g/mol. The van der Waals surface area contributed by atoms with Crippen LogP contribution >= 0.6 is 0 Å². The number of anilines is 2. The van der Waals surface area contributed by atoms with Gasteiger partial charge in [0, 0.05) is 36.5 Å². The first-order chi connectivity index (χ1) is 14.0. The number of benzene rings is 1. The molecule has 10 heteroatoms. The van der Waals surface area contributed by atoms with E-state index < -0.39 is 20.2 Å². The molecule has 0 bridgehead atoms. The van der Waals surface area contributed by atoms with E-state index in [4.69, 9.17) is 0 Å². The van der Waals surface area contributed by atoms with Crippen molar-refractivity contribution in [1.82, 2.24) is 4.98 Å². The van der Waals surface area contributed by atoms with Gasteiger partial charge in [-0.2, -0.15) is 13.2 Å². The van der Waals surface area contributed by atoms with Crippen molar-refractivity contribution in [3.8, 4) is 0 Å². The molecule has 3 rings (SSSR count). The van der Waals surface area contributed by atoms with Crippen LogP contribution < -0.4 is 10.2 Å². The highest BCUT2D eigenvalue weighted by molar-refractivity contribution is 7.92. The summed E-state index contributed by atoms with van der Waals surface area (Å²) in [7, 11) is -5.42. The van der Waals surface area contributed by atoms with Crippen LogP contribution in [0.2, 0.25) is 0 Å². The Morgan fingerprint density at radius 1 is 1.20 bits per heavy atom. The molecule has 0 aliphatic carbocycles. The third kappa shape index (κ3) is 4.33. The van der Waals surface area contributed by atoms with Gasteiger partial charge in [0.1, 0.15) is 5.82 Å². The van der Waals surface area contributed by atoms with Crippen molar-refractivity contribution in [2.45, 2.75) is 24.3 Å². The summed E-state index contributed by atoms with van der Waals surface area (Å²) in [6.45, 7) is 4.93. The Balaban J connectivity index is 1.71. The van der Waals surface area contributed by atoms with Crippen molar-refractivity contribution in [2.24, 2.45) is 5.92 Å². The Labute approximate surface area is 172 Å². The molecule has 1 amide bonds. The fraction of sp³-hybridized carbons (Fsp3) is 0.300. The molecule has 1 aliphatic heterocycles. The Bertz CT molecular complexity index is 1080. The van der Waals surface area contributed by atoms with Crippen molar-refractivity contribution in [3.63, 3.8) is 0 Å². The molecule has 0 saturated carbocycles. The van der Waals surface area contributed by atoms with Gasteiger partial charge in [-0.25, -0.2) is 13.4 Å². The summed E-state index contributed by atoms with van der Waals surface area (Å²) >= 11 is 0. The van der Waals surface area contributed by atoms with E-state index in [0.29, 0.717) is 18.7 Å². The van der Waals surface area contributed by atoms with Gasteiger partial charge in [0.2, 0.25) is 0 Å². The van der Waals surface area contributed by atoms with E-state index in [1.165, 1.54) is 0 Å². The minimum atomic E-state index is -5.42. The van der Waals surface area contributed by atoms with Gasteiger partial charge in [-0.3, -0.25) is 4.79 Å². The van der Waals surface area contributed by atoms with Gasteiger partial charge in [0.25, 0.3) is 15.7 Å². The molecular weight excluding hydrogens is 419 g/mol. The molecule has 1 N–H and O–H groups in total. The van der Waals surface area contributed by atoms with E-state index in [9.17, 15) is 26.4 Å². The number of carbonyl (C=O) groups excluding carboxylic acids is 1. The van der Waals surface area contributed by atoms with Gasteiger partial charge in [-0.1, -0.05) is 19.1 Å². The van der Waals surface area contributed by atoms with Crippen molar-refractivity contribution in [2.75, 3.05) is 23.3 Å². The highest BCUT2D eigenvalue weighted by Crippen LogP contribution is 2.31. The fourth-order valence-electron chi connectivity index (χ4n) is 3.27. The Morgan fingerprint density at radius 2 is 1.87 bits per heavy atom. The lowest BCUT2D eigenvalue weighted by molar-refractivity contribution is -0.113. The molecular formula is C20H20F3N3O3S. The number of sulfone groups is 1. The van der Waals surface area contributed by atoms with Gasteiger partial charge in [0.15, 0.2) is 0 Å². The van der Waals surface area contributed by atoms with Crippen LogP contribution in [0.5, 0.6) is 0 Å². The number of aryl methyl sites for hydroxylation is 1. The van der Waals surface area contributed by atoms with Crippen LogP contribution in [0.3, 0.4) is 0 Å². The van der Waals surface area contributed by atoms with E-state index in [-0.39, 0.29) is 17.5 Å². The lowest BCUT2D eigenvalue weighted by atomic mass is 9.95. The van der Waals surface area contributed by atoms with E-state index in [1.54, 1.807) is 12.3 Å². The zero-order chi connectivity index (χ0) is 22.1. The normalized spacial score (nSPS) is 17.4. The lowest BCUT2D eigenvalue weighted by Crippen LogP contribution is -2.37. The van der Waals surface area contributed by atoms with Crippen LogP contribution in [0.1, 0.15) is 12.5 Å². The zero-order valence-electron chi connectivity index (χ0n) is 16.3. The van der Waals surface area contributed by atoms with Crippen molar-refractivity contribution < 1.29 is 26.4 Å². The zero-order valence-corrected chi connectivity index (χ0v) is 17.1. The first-order valence-electron chi connectivity index (χ1n) is 9.10. The fourth-order valence-corrected chi connectivity index (χ4v) is 4.03. The molecule has 0 unspecified atom stereocenters. The number of hydrogen-bond donors (Lipinski definition) is 1. The predicted octanol–water partition coefficient (Wildman–Crippen LogP) is 3.70. The predicted molar refractivity (Wildman–Crippen MR) is 107 cm³/mol. The minimum Gasteiger partial charge on any atom is -0.352 e. The molecule has 2 heterocycles. The second-order valence-corrected chi connectivity index (χ2v) is 8.98. The number of aromatic nitrogens is 1. The smallest absolute Gasteiger partial charge is 0.352 e. The number of hydrogen-bond acceptors (Lipinski definition) is 5. The van der Waals surface area contributed by atoms with E-state index in [2.05, 4.69) is 15.2 Å². The molecule has 0 saturated heterocycles. The number of nitrogens with one attached hydrogen (secondary N) is 1. The Hall–Kier alpha value is -2.88. The van der Waals surface area contributed by atoms with Crippen LogP contribution in [0.15, 0.2) is 59.1 Å². The lowest BCUT2D eigenvalue weighted by Gasteiger charge is -2.32. The van der Waals surface area contributed by atoms with Crippen LogP contribution in [-0.4, -0.2) is 37.9 Å². The summed E-state index contributed by atoms with van der Waals surface area (Å²) < 4.78 is 60.7. The maximum atomic E-state index is 12.6. The highest BCUT2D eigenvalue weighted by atomic mass is 32.2. The van der Waals surface area contributed by atoms with Gasteiger partial charge < -0.3 is 10.2 Å². The summed E-state index contributed by atoms with van der Waals surface area (Å²) in [6, 6.07) is 7.72. The number of rotatable bonds is 4. The summed E-state index contributed by atoms with van der Waals surface area (Å²) in [6.07, 6.45) is 3.50. The standard InChI is InChI=1S/C20H20F3N3O3S/c1-13-4-3-10-24-18(13)26-11-9-17(14(2)12-26)19(27)25-15-5-7-16(8-6-15)30(28,29)20(21,22)23/h3-10,14H,11-12H2,1-2H3,(H,25,27)/t14-/m0/s1. The van der Waals surface area contributed by atoms with Crippen LogP contribution in [-0.2, 0) is 14.6 Å². The second kappa shape index (κ2) is 8.10. The molecule has 0 radical (unpaired) electrons. The van der Waals surface area contributed by atoms with Crippen molar-refractivity contribution in [1.29, 1.82) is 0 Å². The van der Waals surface area contributed by atoms with Gasteiger partial charge in [-0.05, 0) is 42.8 Å². The summed E-state index contributed by atoms with van der Waals surface area (Å²) in [4.78, 5) is 18.2. The minimum absolute atomic E-state index is 0.106. The van der Waals surface area contributed by atoms with Gasteiger partial charge in [0.05, 0.1) is 4.90 Å². The molecule has 1 atom stereocenters. The molecule has 0 fully saturated rings. The number of alkyl halides is 3. The summed E-state index contributed by atoms with van der Waals surface area (Å²) in [5, 5.41) is 2.61. The number of amides is 1. The maximum Gasteiger partial charge on any atom is 0.501 e. The molecule has 1 aliphatic rings. The highest BCUT2D eigenvalue weighted by Gasteiger charge is 2.46. The van der Waals surface area contributed by atoms with Crippen molar-refractivity contribution in [3.05, 3.63) is 59.8 Å². The number of carbonyl (C=O) groups is 1. The molecule has 0 spiro atoms. The van der Waals surface area contributed by atoms with E-state index in [0.717, 1.165) is 35.6 Å². The SMILES string of the molecule is Cc1cccnc1N1CC=C(C(=O)Nc2ccc(S(=O)(=O)C(F)(F)F)cc2)[C@@H](C)C1. The van der Waals surface area contributed by atoms with Gasteiger partial charge in [-0.15, -0.1) is 0 Å².